The minimum Gasteiger partial charge on any atom is -0.396 e. The molecule has 7 heteroatoms. The molecule has 0 aliphatic heterocycles. The van der Waals surface area contributed by atoms with Crippen LogP contribution in [0.2, 0.25) is 0 Å². The second-order valence-corrected chi connectivity index (χ2v) is 5.72. The molecule has 0 atom stereocenters. The van der Waals surface area contributed by atoms with Crippen LogP contribution in [0, 0.1) is 0 Å². The zero-order valence-electron chi connectivity index (χ0n) is 15.1. The molecule has 0 saturated carbocycles. The van der Waals surface area contributed by atoms with Crippen molar-refractivity contribution in [3.63, 3.8) is 0 Å². The summed E-state index contributed by atoms with van der Waals surface area (Å²) in [4.78, 5) is 42.8. The minimum absolute atomic E-state index is 0.0945. The SMILES string of the molecule is CC(=O)/C(C)=N\OCCCCCCO/N=C\c1cc(C=O)cc(C=O)c1. The number of unbranched alkanes of at least 4 members (excludes halogenated alkanes) is 3. The lowest BCUT2D eigenvalue weighted by atomic mass is 10.1. The lowest BCUT2D eigenvalue weighted by molar-refractivity contribution is -0.111. The Morgan fingerprint density at radius 2 is 1.42 bits per heavy atom. The van der Waals surface area contributed by atoms with Crippen LogP contribution in [0.25, 0.3) is 0 Å². The molecule has 0 spiro atoms. The highest BCUT2D eigenvalue weighted by Crippen LogP contribution is 2.06. The summed E-state index contributed by atoms with van der Waals surface area (Å²) in [5, 5.41) is 7.56. The van der Waals surface area contributed by atoms with Crippen LogP contribution in [0.15, 0.2) is 28.5 Å². The highest BCUT2D eigenvalue weighted by Gasteiger charge is 1.99. The zero-order chi connectivity index (χ0) is 19.2. The largest absolute Gasteiger partial charge is 0.396 e. The molecular weight excluding hydrogens is 336 g/mol. The first-order valence-corrected chi connectivity index (χ1v) is 8.45. The first-order valence-electron chi connectivity index (χ1n) is 8.45. The summed E-state index contributed by atoms with van der Waals surface area (Å²) < 4.78 is 0. The van der Waals surface area contributed by atoms with Crippen molar-refractivity contribution in [1.82, 2.24) is 0 Å². The number of hydrogen-bond acceptors (Lipinski definition) is 7. The third-order valence-electron chi connectivity index (χ3n) is 3.48. The van der Waals surface area contributed by atoms with Crippen LogP contribution >= 0.6 is 0 Å². The van der Waals surface area contributed by atoms with Gasteiger partial charge in [0.05, 0.1) is 6.21 Å². The maximum absolute atomic E-state index is 10.9. The van der Waals surface area contributed by atoms with Crippen molar-refractivity contribution in [3.8, 4) is 0 Å². The Hall–Kier alpha value is -2.83. The van der Waals surface area contributed by atoms with E-state index in [0.717, 1.165) is 25.7 Å². The number of benzene rings is 1. The topological polar surface area (TPSA) is 94.4 Å². The third kappa shape index (κ3) is 8.86. The monoisotopic (exact) mass is 360 g/mol. The third-order valence-corrected chi connectivity index (χ3v) is 3.48. The van der Waals surface area contributed by atoms with Crippen molar-refractivity contribution >= 4 is 30.3 Å². The summed E-state index contributed by atoms with van der Waals surface area (Å²) >= 11 is 0. The zero-order valence-corrected chi connectivity index (χ0v) is 15.1. The maximum Gasteiger partial charge on any atom is 0.177 e. The molecule has 0 aromatic heterocycles. The normalized spacial score (nSPS) is 11.4. The average Bonchev–Trinajstić information content (AvgIpc) is 2.65. The number of hydrogen-bond donors (Lipinski definition) is 0. The fourth-order valence-electron chi connectivity index (χ4n) is 1.96. The molecule has 0 aliphatic carbocycles. The lowest BCUT2D eigenvalue weighted by Crippen LogP contribution is -2.05. The van der Waals surface area contributed by atoms with Crippen molar-refractivity contribution in [3.05, 3.63) is 34.9 Å². The van der Waals surface area contributed by atoms with Gasteiger partial charge in [-0.2, -0.15) is 0 Å². The molecule has 0 saturated heterocycles. The lowest BCUT2D eigenvalue weighted by Gasteiger charge is -2.02. The van der Waals surface area contributed by atoms with Gasteiger partial charge in [0.1, 0.15) is 31.5 Å². The van der Waals surface area contributed by atoms with E-state index in [1.54, 1.807) is 19.1 Å². The van der Waals surface area contributed by atoms with Gasteiger partial charge in [-0.25, -0.2) is 0 Å². The molecule has 0 amide bonds. The van der Waals surface area contributed by atoms with Gasteiger partial charge in [-0.3, -0.25) is 14.4 Å². The van der Waals surface area contributed by atoms with E-state index in [1.165, 1.54) is 19.2 Å². The van der Waals surface area contributed by atoms with Gasteiger partial charge >= 0.3 is 0 Å². The predicted molar refractivity (Wildman–Crippen MR) is 99.0 cm³/mol. The molecule has 0 aliphatic rings. The molecule has 0 unspecified atom stereocenters. The van der Waals surface area contributed by atoms with Crippen molar-refractivity contribution in [2.45, 2.75) is 39.5 Å². The highest BCUT2D eigenvalue weighted by atomic mass is 16.6. The summed E-state index contributed by atoms with van der Waals surface area (Å²) in [5.74, 6) is -0.0945. The molecule has 140 valence electrons. The predicted octanol–water partition coefficient (Wildman–Crippen LogP) is 3.20. The molecule has 0 bridgehead atoms. The molecule has 7 nitrogen and oxygen atoms in total. The number of aldehydes is 2. The molecule has 0 heterocycles. The minimum atomic E-state index is -0.0945. The summed E-state index contributed by atoms with van der Waals surface area (Å²) in [6, 6.07) is 4.76. The number of oxime groups is 2. The molecule has 0 radical (unpaired) electrons. The van der Waals surface area contributed by atoms with E-state index in [1.807, 2.05) is 0 Å². The summed E-state index contributed by atoms with van der Waals surface area (Å²) in [5.41, 5.74) is 1.84. The van der Waals surface area contributed by atoms with E-state index in [-0.39, 0.29) is 5.78 Å². The first kappa shape index (κ1) is 21.2. The Balaban J connectivity index is 2.15. The molecule has 1 rings (SSSR count). The van der Waals surface area contributed by atoms with Gasteiger partial charge in [0, 0.05) is 18.1 Å². The van der Waals surface area contributed by atoms with Gasteiger partial charge in [-0.05, 0) is 56.4 Å². The fraction of sp³-hybridized carbons (Fsp3) is 0.421. The Bertz CT molecular complexity index is 642. The van der Waals surface area contributed by atoms with Gasteiger partial charge in [0.25, 0.3) is 0 Å². The van der Waals surface area contributed by atoms with E-state index in [4.69, 9.17) is 9.68 Å². The number of carbonyl (C=O) groups is 3. The smallest absolute Gasteiger partial charge is 0.177 e. The van der Waals surface area contributed by atoms with Gasteiger partial charge in [0.2, 0.25) is 0 Å². The first-order chi connectivity index (χ1) is 12.6. The summed E-state index contributed by atoms with van der Waals surface area (Å²) in [6.07, 6.45) is 6.47. The number of carbonyl (C=O) groups excluding carboxylic acids is 3. The van der Waals surface area contributed by atoms with Crippen molar-refractivity contribution in [2.24, 2.45) is 10.3 Å². The molecule has 26 heavy (non-hydrogen) atoms. The highest BCUT2D eigenvalue weighted by molar-refractivity contribution is 6.37. The van der Waals surface area contributed by atoms with Crippen molar-refractivity contribution in [1.29, 1.82) is 0 Å². The second-order valence-electron chi connectivity index (χ2n) is 5.72. The van der Waals surface area contributed by atoms with Gasteiger partial charge in [-0.1, -0.05) is 10.3 Å². The van der Waals surface area contributed by atoms with Crippen molar-refractivity contribution in [2.75, 3.05) is 13.2 Å². The van der Waals surface area contributed by atoms with Gasteiger partial charge in [-0.15, -0.1) is 0 Å². The van der Waals surface area contributed by atoms with Gasteiger partial charge in [0.15, 0.2) is 5.78 Å². The van der Waals surface area contributed by atoms with E-state index in [2.05, 4.69) is 10.3 Å². The van der Waals surface area contributed by atoms with Crippen LogP contribution in [0.3, 0.4) is 0 Å². The van der Waals surface area contributed by atoms with Crippen LogP contribution in [0.1, 0.15) is 65.8 Å². The summed E-state index contributed by atoms with van der Waals surface area (Å²) in [6.45, 7) is 4.03. The van der Waals surface area contributed by atoms with Crippen molar-refractivity contribution < 1.29 is 24.1 Å². The Morgan fingerprint density at radius 1 is 0.885 bits per heavy atom. The quantitative estimate of drug-likeness (QED) is 0.233. The molecule has 1 aromatic rings. The Kier molecular flexibility index (Phi) is 10.2. The number of ketones is 1. The van der Waals surface area contributed by atoms with E-state index < -0.39 is 0 Å². The molecule has 1 aromatic carbocycles. The maximum atomic E-state index is 10.9. The second kappa shape index (κ2) is 12.5. The summed E-state index contributed by atoms with van der Waals surface area (Å²) in [7, 11) is 0. The standard InChI is InChI=1S/C19H24N2O5/c1-15(16(2)24)21-26-8-6-4-3-5-7-25-20-12-17-9-18(13-22)11-19(10-17)14-23/h9-14H,3-8H2,1-2H3/b20-12-,21-15-. The molecule has 0 fully saturated rings. The number of Topliss-reactive ketones (excluding diaryl/α,β-unsaturated/α-hetero) is 1. The Morgan fingerprint density at radius 3 is 1.96 bits per heavy atom. The average molecular weight is 360 g/mol. The van der Waals surface area contributed by atoms with E-state index in [9.17, 15) is 14.4 Å². The molecule has 0 N–H and O–H groups in total. The Labute approximate surface area is 153 Å². The number of nitrogens with zero attached hydrogens (tertiary/aromatic N) is 2. The van der Waals surface area contributed by atoms with Crippen LogP contribution in [-0.2, 0) is 14.5 Å². The molecular formula is C19H24N2O5. The number of rotatable bonds is 13. The van der Waals surface area contributed by atoms with Crippen LogP contribution in [-0.4, -0.2) is 43.5 Å². The van der Waals surface area contributed by atoms with Gasteiger partial charge < -0.3 is 9.68 Å². The van der Waals surface area contributed by atoms with E-state index >= 15 is 0 Å². The fourth-order valence-corrected chi connectivity index (χ4v) is 1.96. The van der Waals surface area contributed by atoms with E-state index in [0.29, 0.717) is 48.2 Å². The van der Waals surface area contributed by atoms with Crippen LogP contribution in [0.4, 0.5) is 0 Å². The van der Waals surface area contributed by atoms with Crippen LogP contribution in [0.5, 0.6) is 0 Å². The van der Waals surface area contributed by atoms with Crippen LogP contribution < -0.4 is 0 Å².